The minimum Gasteiger partial charge on any atom is -0.488 e. The van der Waals surface area contributed by atoms with Gasteiger partial charge in [-0.3, -0.25) is 0 Å². The van der Waals surface area contributed by atoms with Crippen molar-refractivity contribution in [2.45, 2.75) is 13.5 Å². The highest BCUT2D eigenvalue weighted by Gasteiger charge is 2.05. The topological polar surface area (TPSA) is 29.5 Å². The van der Waals surface area contributed by atoms with Gasteiger partial charge in [0.25, 0.3) is 0 Å². The van der Waals surface area contributed by atoms with Gasteiger partial charge in [0, 0.05) is 10.6 Å². The van der Waals surface area contributed by atoms with Gasteiger partial charge in [0.05, 0.1) is 4.88 Å². The average Bonchev–Trinajstić information content (AvgIpc) is 2.83. The van der Waals surface area contributed by atoms with Gasteiger partial charge in [0.1, 0.15) is 19.0 Å². The minimum absolute atomic E-state index is 0.133. The SMILES string of the molecule is Cc1cc(Cl)ccc1OCc1sccc1C#CCO. The Morgan fingerprint density at radius 2 is 2.21 bits per heavy atom. The Morgan fingerprint density at radius 1 is 1.37 bits per heavy atom. The van der Waals surface area contributed by atoms with E-state index in [2.05, 4.69) is 11.8 Å². The summed E-state index contributed by atoms with van der Waals surface area (Å²) in [6.45, 7) is 2.30. The number of aliphatic hydroxyl groups excluding tert-OH is 1. The molecular weight excluding hydrogens is 280 g/mol. The Bertz CT molecular complexity index is 623. The van der Waals surface area contributed by atoms with Gasteiger partial charge in [-0.25, -0.2) is 0 Å². The van der Waals surface area contributed by atoms with Crippen LogP contribution >= 0.6 is 22.9 Å². The van der Waals surface area contributed by atoms with Gasteiger partial charge < -0.3 is 9.84 Å². The zero-order valence-corrected chi connectivity index (χ0v) is 12.0. The van der Waals surface area contributed by atoms with Gasteiger partial charge in [-0.2, -0.15) is 0 Å². The van der Waals surface area contributed by atoms with Crippen LogP contribution in [0.3, 0.4) is 0 Å². The standard InChI is InChI=1S/C15H13ClO2S/c1-11-9-13(16)4-5-14(11)18-10-15-12(3-2-7-17)6-8-19-15/h4-6,8-9,17H,7,10H2,1H3. The van der Waals surface area contributed by atoms with E-state index >= 15 is 0 Å². The van der Waals surface area contributed by atoms with Gasteiger partial charge in [-0.05, 0) is 42.1 Å². The van der Waals surface area contributed by atoms with Crippen molar-refractivity contribution in [2.24, 2.45) is 0 Å². The predicted molar refractivity (Wildman–Crippen MR) is 78.8 cm³/mol. The molecular formula is C15H13ClO2S. The van der Waals surface area contributed by atoms with E-state index in [1.165, 1.54) is 0 Å². The first-order valence-electron chi connectivity index (χ1n) is 5.75. The van der Waals surface area contributed by atoms with Gasteiger partial charge in [-0.1, -0.05) is 23.4 Å². The van der Waals surface area contributed by atoms with Crippen molar-refractivity contribution < 1.29 is 9.84 Å². The number of hydrogen-bond acceptors (Lipinski definition) is 3. The number of aliphatic hydroxyl groups is 1. The molecule has 0 fully saturated rings. The summed E-state index contributed by atoms with van der Waals surface area (Å²) in [4.78, 5) is 1.05. The first-order chi connectivity index (χ1) is 9.20. The lowest BCUT2D eigenvalue weighted by molar-refractivity contribution is 0.307. The summed E-state index contributed by atoms with van der Waals surface area (Å²) in [5.74, 6) is 6.38. The third-order valence-corrected chi connectivity index (χ3v) is 3.67. The molecule has 0 atom stereocenters. The normalized spacial score (nSPS) is 9.84. The zero-order valence-electron chi connectivity index (χ0n) is 10.4. The molecule has 0 bridgehead atoms. The van der Waals surface area contributed by atoms with Crippen LogP contribution in [0.4, 0.5) is 0 Å². The second-order valence-corrected chi connectivity index (χ2v) is 5.35. The third-order valence-electron chi connectivity index (χ3n) is 2.54. The van der Waals surface area contributed by atoms with E-state index in [1.54, 1.807) is 11.3 Å². The lowest BCUT2D eigenvalue weighted by Gasteiger charge is -2.08. The number of rotatable bonds is 3. The van der Waals surface area contributed by atoms with Gasteiger partial charge in [0.2, 0.25) is 0 Å². The number of aryl methyl sites for hydroxylation is 1. The third kappa shape index (κ3) is 3.74. The van der Waals surface area contributed by atoms with E-state index < -0.39 is 0 Å². The van der Waals surface area contributed by atoms with Crippen molar-refractivity contribution >= 4 is 22.9 Å². The van der Waals surface area contributed by atoms with Crippen LogP contribution in [0.5, 0.6) is 5.75 Å². The molecule has 1 aromatic carbocycles. The minimum atomic E-state index is -0.133. The largest absolute Gasteiger partial charge is 0.488 e. The molecule has 2 nitrogen and oxygen atoms in total. The molecule has 0 aliphatic rings. The number of ether oxygens (including phenoxy) is 1. The fraction of sp³-hybridized carbons (Fsp3) is 0.200. The van der Waals surface area contributed by atoms with Crippen molar-refractivity contribution in [3.05, 3.63) is 50.7 Å². The molecule has 2 rings (SSSR count). The molecule has 1 heterocycles. The first kappa shape index (κ1) is 14.0. The monoisotopic (exact) mass is 292 g/mol. The first-order valence-corrected chi connectivity index (χ1v) is 7.01. The second kappa shape index (κ2) is 6.63. The predicted octanol–water partition coefficient (Wildman–Crippen LogP) is 3.63. The van der Waals surface area contributed by atoms with Crippen molar-refractivity contribution in [1.82, 2.24) is 0 Å². The molecule has 19 heavy (non-hydrogen) atoms. The lowest BCUT2D eigenvalue weighted by atomic mass is 10.2. The molecule has 0 aliphatic carbocycles. The van der Waals surface area contributed by atoms with E-state index in [0.29, 0.717) is 11.6 Å². The maximum Gasteiger partial charge on any atom is 0.124 e. The fourth-order valence-electron chi connectivity index (χ4n) is 1.62. The van der Waals surface area contributed by atoms with Crippen LogP contribution in [0.15, 0.2) is 29.6 Å². The van der Waals surface area contributed by atoms with Crippen molar-refractivity contribution in [3.63, 3.8) is 0 Å². The van der Waals surface area contributed by atoms with Gasteiger partial charge >= 0.3 is 0 Å². The van der Waals surface area contributed by atoms with E-state index in [1.807, 2.05) is 36.6 Å². The van der Waals surface area contributed by atoms with Crippen molar-refractivity contribution in [2.75, 3.05) is 6.61 Å². The molecule has 0 spiro atoms. The molecule has 0 saturated heterocycles. The summed E-state index contributed by atoms with van der Waals surface area (Å²) in [5.41, 5.74) is 1.91. The highest BCUT2D eigenvalue weighted by Crippen LogP contribution is 2.24. The molecule has 98 valence electrons. The summed E-state index contributed by atoms with van der Waals surface area (Å²) in [7, 11) is 0. The van der Waals surface area contributed by atoms with Crippen LogP contribution in [-0.2, 0) is 6.61 Å². The quantitative estimate of drug-likeness (QED) is 0.875. The lowest BCUT2D eigenvalue weighted by Crippen LogP contribution is -1.96. The molecule has 0 amide bonds. The van der Waals surface area contributed by atoms with Crippen LogP contribution in [0.2, 0.25) is 5.02 Å². The highest BCUT2D eigenvalue weighted by molar-refractivity contribution is 7.10. The summed E-state index contributed by atoms with van der Waals surface area (Å²) >= 11 is 7.50. The van der Waals surface area contributed by atoms with Crippen molar-refractivity contribution in [3.8, 4) is 17.6 Å². The number of hydrogen-bond donors (Lipinski definition) is 1. The molecule has 0 unspecified atom stereocenters. The van der Waals surface area contributed by atoms with E-state index in [0.717, 1.165) is 21.8 Å². The summed E-state index contributed by atoms with van der Waals surface area (Å²) < 4.78 is 5.78. The van der Waals surface area contributed by atoms with Crippen LogP contribution in [0.1, 0.15) is 16.0 Å². The Kier molecular flexibility index (Phi) is 4.86. The Balaban J connectivity index is 2.08. The molecule has 2 aromatic rings. The maximum atomic E-state index is 8.71. The summed E-state index contributed by atoms with van der Waals surface area (Å²) in [6, 6.07) is 7.48. The van der Waals surface area contributed by atoms with Gasteiger partial charge in [0.15, 0.2) is 0 Å². The number of halogens is 1. The molecule has 1 N–H and O–H groups in total. The van der Waals surface area contributed by atoms with Crippen LogP contribution in [0, 0.1) is 18.8 Å². The smallest absolute Gasteiger partial charge is 0.124 e. The van der Waals surface area contributed by atoms with Crippen LogP contribution in [0.25, 0.3) is 0 Å². The molecule has 0 saturated carbocycles. The van der Waals surface area contributed by atoms with E-state index in [9.17, 15) is 0 Å². The molecule has 4 heteroatoms. The average molecular weight is 293 g/mol. The highest BCUT2D eigenvalue weighted by atomic mass is 35.5. The maximum absolute atomic E-state index is 8.71. The van der Waals surface area contributed by atoms with Crippen molar-refractivity contribution in [1.29, 1.82) is 0 Å². The fourth-order valence-corrected chi connectivity index (χ4v) is 2.58. The van der Waals surface area contributed by atoms with E-state index in [4.69, 9.17) is 21.4 Å². The van der Waals surface area contributed by atoms with Gasteiger partial charge in [-0.15, -0.1) is 11.3 Å². The summed E-state index contributed by atoms with van der Waals surface area (Å²) in [6.07, 6.45) is 0. The van der Waals surface area contributed by atoms with Crippen LogP contribution in [-0.4, -0.2) is 11.7 Å². The van der Waals surface area contributed by atoms with Crippen LogP contribution < -0.4 is 4.74 Å². The Labute approximate surface area is 121 Å². The number of benzene rings is 1. The molecule has 0 aliphatic heterocycles. The second-order valence-electron chi connectivity index (χ2n) is 3.92. The number of thiophene rings is 1. The summed E-state index contributed by atoms with van der Waals surface area (Å²) in [5, 5.41) is 11.4. The Morgan fingerprint density at radius 3 is 2.95 bits per heavy atom. The van der Waals surface area contributed by atoms with E-state index in [-0.39, 0.29) is 6.61 Å². The molecule has 0 radical (unpaired) electrons. The zero-order chi connectivity index (χ0) is 13.7. The molecule has 1 aromatic heterocycles. The Hall–Kier alpha value is -1.47.